The van der Waals surface area contributed by atoms with E-state index in [1.54, 1.807) is 48.5 Å². The fourth-order valence-corrected chi connectivity index (χ4v) is 4.21. The summed E-state index contributed by atoms with van der Waals surface area (Å²) in [4.78, 5) is 37.5. The van der Waals surface area contributed by atoms with E-state index in [0.717, 1.165) is 4.90 Å². The number of non-ortho nitro benzene ring substituents is 1. The van der Waals surface area contributed by atoms with Crippen molar-refractivity contribution in [3.8, 4) is 28.6 Å². The zero-order valence-electron chi connectivity index (χ0n) is 20.4. The minimum atomic E-state index is -0.621. The Hall–Kier alpha value is -5.16. The third-order valence-corrected chi connectivity index (χ3v) is 6.30. The third kappa shape index (κ3) is 5.03. The molecule has 5 rings (SSSR count). The number of ether oxygens (including phenoxy) is 1. The summed E-state index contributed by atoms with van der Waals surface area (Å²) in [5, 5.41) is 29.8. The van der Waals surface area contributed by atoms with Crippen molar-refractivity contribution < 1.29 is 24.4 Å². The molecule has 0 spiro atoms. The molecule has 0 bridgehead atoms. The van der Waals surface area contributed by atoms with Gasteiger partial charge < -0.3 is 15.2 Å². The monoisotopic (exact) mass is 545 g/mol. The first-order chi connectivity index (χ1) is 18.7. The van der Waals surface area contributed by atoms with E-state index >= 15 is 0 Å². The van der Waals surface area contributed by atoms with Gasteiger partial charge in [0.1, 0.15) is 17.1 Å². The quantitative estimate of drug-likeness (QED) is 0.145. The van der Waals surface area contributed by atoms with Crippen LogP contribution in [0, 0.1) is 10.1 Å². The summed E-state index contributed by atoms with van der Waals surface area (Å²) in [5.41, 5.74) is 1.88. The molecule has 2 N–H and O–H groups in total. The van der Waals surface area contributed by atoms with Crippen LogP contribution in [0.25, 0.3) is 23.0 Å². The van der Waals surface area contributed by atoms with Crippen LogP contribution in [0.4, 0.5) is 10.5 Å². The molecule has 0 atom stereocenters. The molecular formula is C27H20ClN5O6. The standard InChI is InChI=1S/C27H20ClN5O6/c1-39-21-4-2-3-16(13-21)15-31-26(35)23(29-27(31)36)14-22-24(17-5-7-18(28)8-6-17)30-32(25(22)34)19-9-11-20(12-10-19)33(37)38/h2-14,34H,15H2,1H3,(H,29,36)/b23-14-. The van der Waals surface area contributed by atoms with Gasteiger partial charge in [-0.3, -0.25) is 19.8 Å². The molecule has 1 fully saturated rings. The molecule has 1 aliphatic heterocycles. The fraction of sp³-hybridized carbons (Fsp3) is 0.0741. The van der Waals surface area contributed by atoms with Crippen LogP contribution in [0.15, 0.2) is 78.5 Å². The predicted molar refractivity (Wildman–Crippen MR) is 142 cm³/mol. The van der Waals surface area contributed by atoms with Crippen LogP contribution in [0.1, 0.15) is 11.1 Å². The molecule has 39 heavy (non-hydrogen) atoms. The summed E-state index contributed by atoms with van der Waals surface area (Å²) in [6.45, 7) is 0.0112. The normalized spacial score (nSPS) is 14.1. The van der Waals surface area contributed by atoms with Crippen molar-refractivity contribution in [1.29, 1.82) is 0 Å². The summed E-state index contributed by atoms with van der Waals surface area (Å²) in [6.07, 6.45) is 1.35. The third-order valence-electron chi connectivity index (χ3n) is 6.05. The van der Waals surface area contributed by atoms with Gasteiger partial charge in [0.25, 0.3) is 11.6 Å². The molecule has 1 saturated heterocycles. The topological polar surface area (TPSA) is 140 Å². The number of amides is 3. The average Bonchev–Trinajstić information content (AvgIpc) is 3.40. The molecule has 4 aromatic rings. The van der Waals surface area contributed by atoms with Crippen molar-refractivity contribution in [3.05, 3.63) is 105 Å². The highest BCUT2D eigenvalue weighted by Crippen LogP contribution is 2.35. The smallest absolute Gasteiger partial charge is 0.329 e. The van der Waals surface area contributed by atoms with Gasteiger partial charge in [0.2, 0.25) is 5.88 Å². The number of nitrogens with one attached hydrogen (secondary N) is 1. The van der Waals surface area contributed by atoms with E-state index in [4.69, 9.17) is 16.3 Å². The molecule has 3 amide bonds. The lowest BCUT2D eigenvalue weighted by atomic mass is 10.1. The maximum absolute atomic E-state index is 13.2. The molecule has 0 aliphatic carbocycles. The predicted octanol–water partition coefficient (Wildman–Crippen LogP) is 4.91. The SMILES string of the molecule is COc1cccc(CN2C(=O)N/C(=C\c3c(-c4ccc(Cl)cc4)nn(-c4ccc([N+](=O)[O-])cc4)c3O)C2=O)c1. The Bertz CT molecular complexity index is 1630. The summed E-state index contributed by atoms with van der Waals surface area (Å²) in [6, 6.07) is 18.5. The number of nitro benzene ring substituents is 1. The molecule has 196 valence electrons. The lowest BCUT2D eigenvalue weighted by Gasteiger charge is -2.12. The van der Waals surface area contributed by atoms with Crippen molar-refractivity contribution in [1.82, 2.24) is 20.0 Å². The van der Waals surface area contributed by atoms with E-state index in [2.05, 4.69) is 10.4 Å². The number of aromatic hydroxyl groups is 1. The molecule has 12 heteroatoms. The molecular weight excluding hydrogens is 526 g/mol. The molecule has 11 nitrogen and oxygen atoms in total. The second-order valence-corrected chi connectivity index (χ2v) is 8.95. The molecule has 1 aliphatic rings. The highest BCUT2D eigenvalue weighted by Gasteiger charge is 2.34. The van der Waals surface area contributed by atoms with Crippen molar-refractivity contribution in [3.63, 3.8) is 0 Å². The lowest BCUT2D eigenvalue weighted by molar-refractivity contribution is -0.384. The Labute approximate surface area is 226 Å². The number of hydrogen-bond donors (Lipinski definition) is 2. The van der Waals surface area contributed by atoms with Crippen LogP contribution in [0.5, 0.6) is 11.6 Å². The van der Waals surface area contributed by atoms with E-state index < -0.39 is 16.9 Å². The second-order valence-electron chi connectivity index (χ2n) is 8.51. The number of urea groups is 1. The van der Waals surface area contributed by atoms with E-state index in [1.807, 2.05) is 0 Å². The van der Waals surface area contributed by atoms with Gasteiger partial charge in [-0.15, -0.1) is 0 Å². The van der Waals surface area contributed by atoms with Gasteiger partial charge in [0.05, 0.1) is 29.8 Å². The van der Waals surface area contributed by atoms with Gasteiger partial charge >= 0.3 is 6.03 Å². The Morgan fingerprint density at radius 3 is 2.49 bits per heavy atom. The number of rotatable bonds is 7. The first-order valence-corrected chi connectivity index (χ1v) is 11.9. The number of carbonyl (C=O) groups is 2. The largest absolute Gasteiger partial charge is 0.497 e. The lowest BCUT2D eigenvalue weighted by Crippen LogP contribution is -2.30. The van der Waals surface area contributed by atoms with Crippen LogP contribution in [0.3, 0.4) is 0 Å². The van der Waals surface area contributed by atoms with Gasteiger partial charge in [-0.25, -0.2) is 9.48 Å². The van der Waals surface area contributed by atoms with E-state index in [9.17, 15) is 24.8 Å². The van der Waals surface area contributed by atoms with Gasteiger partial charge in [-0.05, 0) is 48.0 Å². The number of halogens is 1. The van der Waals surface area contributed by atoms with Crippen molar-refractivity contribution >= 4 is 35.3 Å². The number of hydrogen-bond acceptors (Lipinski definition) is 7. The highest BCUT2D eigenvalue weighted by molar-refractivity contribution is 6.30. The summed E-state index contributed by atoms with van der Waals surface area (Å²) in [5.74, 6) is -0.339. The minimum Gasteiger partial charge on any atom is -0.497 e. The number of carbonyl (C=O) groups excluding carboxylic acids is 2. The summed E-state index contributed by atoms with van der Waals surface area (Å²) in [7, 11) is 1.52. The molecule has 2 heterocycles. The van der Waals surface area contributed by atoms with E-state index in [0.29, 0.717) is 33.3 Å². The number of imide groups is 1. The van der Waals surface area contributed by atoms with Crippen LogP contribution >= 0.6 is 11.6 Å². The van der Waals surface area contributed by atoms with Crippen molar-refractivity contribution in [2.24, 2.45) is 0 Å². The Kier molecular flexibility index (Phi) is 6.73. The first kappa shape index (κ1) is 25.5. The maximum Gasteiger partial charge on any atom is 0.329 e. The maximum atomic E-state index is 13.2. The van der Waals surface area contributed by atoms with Crippen LogP contribution in [0.2, 0.25) is 5.02 Å². The van der Waals surface area contributed by atoms with Crippen molar-refractivity contribution in [2.75, 3.05) is 7.11 Å². The number of nitrogens with zero attached hydrogens (tertiary/aromatic N) is 4. The summed E-state index contributed by atoms with van der Waals surface area (Å²) < 4.78 is 6.40. The van der Waals surface area contributed by atoms with Crippen LogP contribution in [-0.2, 0) is 11.3 Å². The Morgan fingerprint density at radius 1 is 1.10 bits per heavy atom. The second kappa shape index (κ2) is 10.3. The highest BCUT2D eigenvalue weighted by atomic mass is 35.5. The zero-order valence-corrected chi connectivity index (χ0v) is 21.1. The molecule has 0 radical (unpaired) electrons. The number of methoxy groups -OCH3 is 1. The molecule has 0 unspecified atom stereocenters. The molecule has 3 aromatic carbocycles. The first-order valence-electron chi connectivity index (χ1n) is 11.6. The van der Waals surface area contributed by atoms with Crippen LogP contribution < -0.4 is 10.1 Å². The van der Waals surface area contributed by atoms with Gasteiger partial charge in [0.15, 0.2) is 0 Å². The molecule has 1 aromatic heterocycles. The number of benzene rings is 3. The van der Waals surface area contributed by atoms with Gasteiger partial charge in [-0.1, -0.05) is 35.9 Å². The zero-order chi connectivity index (χ0) is 27.7. The Morgan fingerprint density at radius 2 is 1.82 bits per heavy atom. The van der Waals surface area contributed by atoms with Crippen LogP contribution in [-0.4, -0.2) is 43.8 Å². The summed E-state index contributed by atoms with van der Waals surface area (Å²) >= 11 is 6.04. The Balaban J connectivity index is 1.55. The number of aromatic nitrogens is 2. The fourth-order valence-electron chi connectivity index (χ4n) is 4.08. The van der Waals surface area contributed by atoms with Gasteiger partial charge in [-0.2, -0.15) is 5.10 Å². The van der Waals surface area contributed by atoms with E-state index in [-0.39, 0.29) is 29.4 Å². The average molecular weight is 546 g/mol. The van der Waals surface area contributed by atoms with Gasteiger partial charge in [0, 0.05) is 22.7 Å². The minimum absolute atomic E-state index is 0.0112. The van der Waals surface area contributed by atoms with Crippen molar-refractivity contribution in [2.45, 2.75) is 6.54 Å². The number of nitro groups is 1. The molecule has 0 saturated carbocycles. The van der Waals surface area contributed by atoms with E-state index in [1.165, 1.54) is 42.1 Å².